The van der Waals surface area contributed by atoms with Crippen LogP contribution in [0.2, 0.25) is 0 Å². The van der Waals surface area contributed by atoms with Crippen molar-refractivity contribution in [3.63, 3.8) is 0 Å². The Morgan fingerprint density at radius 2 is 1.64 bits per heavy atom. The SMILES string of the molecule is O=c1ccc(=O)c2n(-c3ccc[nH]3)c1=2. The number of nitrogens with one attached hydrogen (secondary N) is 1. The summed E-state index contributed by atoms with van der Waals surface area (Å²) in [5.41, 5.74) is -0.205. The number of aromatic amines is 1. The van der Waals surface area contributed by atoms with Crippen LogP contribution in [0.5, 0.6) is 0 Å². The number of nitrogens with zero attached hydrogens (tertiary/aromatic N) is 1. The van der Waals surface area contributed by atoms with Crippen molar-refractivity contribution in [2.75, 3.05) is 0 Å². The lowest BCUT2D eigenvalue weighted by Crippen LogP contribution is -2.02. The smallest absolute Gasteiger partial charge is 0.205 e. The van der Waals surface area contributed by atoms with Crippen LogP contribution in [-0.2, 0) is 0 Å². The number of H-pyrrole nitrogens is 1. The Balaban J connectivity index is 2.43. The molecule has 0 radical (unpaired) electrons. The molecule has 1 aliphatic heterocycles. The van der Waals surface area contributed by atoms with Gasteiger partial charge in [-0.3, -0.25) is 14.2 Å². The van der Waals surface area contributed by atoms with Crippen molar-refractivity contribution in [1.82, 2.24) is 9.55 Å². The first-order chi connectivity index (χ1) is 6.79. The van der Waals surface area contributed by atoms with E-state index in [0.717, 1.165) is 5.82 Å². The van der Waals surface area contributed by atoms with Crippen molar-refractivity contribution >= 4 is 0 Å². The van der Waals surface area contributed by atoms with Crippen molar-refractivity contribution in [3.05, 3.63) is 61.6 Å². The molecule has 0 saturated carbocycles. The van der Waals surface area contributed by atoms with E-state index in [-0.39, 0.29) is 10.9 Å². The van der Waals surface area contributed by atoms with Gasteiger partial charge in [0.25, 0.3) is 0 Å². The predicted molar refractivity (Wildman–Crippen MR) is 50.3 cm³/mol. The Labute approximate surface area is 77.8 Å². The molecule has 0 atom stereocenters. The normalized spacial score (nSPS) is 11.4. The van der Waals surface area contributed by atoms with Gasteiger partial charge in [-0.15, -0.1) is 0 Å². The topological polar surface area (TPSA) is 54.9 Å². The molecule has 2 heterocycles. The van der Waals surface area contributed by atoms with Gasteiger partial charge in [-0.1, -0.05) is 0 Å². The fourth-order valence-electron chi connectivity index (χ4n) is 1.63. The number of hydrogen-bond donors (Lipinski definition) is 1. The highest BCUT2D eigenvalue weighted by molar-refractivity contribution is 5.31. The number of hydrogen-bond acceptors (Lipinski definition) is 2. The molecule has 14 heavy (non-hydrogen) atoms. The number of rotatable bonds is 1. The minimum atomic E-state index is -0.103. The van der Waals surface area contributed by atoms with Gasteiger partial charge in [-0.25, -0.2) is 0 Å². The summed E-state index contributed by atoms with van der Waals surface area (Å²) >= 11 is 0. The van der Waals surface area contributed by atoms with Gasteiger partial charge in [0.05, 0.1) is 0 Å². The maximum Gasteiger partial charge on any atom is 0.205 e. The van der Waals surface area contributed by atoms with Gasteiger partial charge >= 0.3 is 0 Å². The fraction of sp³-hybridized carbons (Fsp3) is 0. The minimum Gasteiger partial charge on any atom is -0.348 e. The molecule has 4 heteroatoms. The second kappa shape index (κ2) is 2.23. The quantitative estimate of drug-likeness (QED) is 0.587. The summed E-state index contributed by atoms with van der Waals surface area (Å²) in [6, 6.07) is 6.26. The Morgan fingerprint density at radius 1 is 1.00 bits per heavy atom. The summed E-state index contributed by atoms with van der Waals surface area (Å²) < 4.78 is 1.64. The lowest BCUT2D eigenvalue weighted by molar-refractivity contribution is 1.08. The zero-order valence-electron chi connectivity index (χ0n) is 7.15. The lowest BCUT2D eigenvalue weighted by atomic mass is 10.4. The van der Waals surface area contributed by atoms with Gasteiger partial charge in [0, 0.05) is 6.20 Å². The fourth-order valence-corrected chi connectivity index (χ4v) is 1.63. The maximum absolute atomic E-state index is 11.3. The summed E-state index contributed by atoms with van der Waals surface area (Å²) in [5, 5.41) is 1.000. The van der Waals surface area contributed by atoms with Crippen molar-refractivity contribution in [1.29, 1.82) is 0 Å². The highest BCUT2D eigenvalue weighted by Gasteiger charge is 2.16. The minimum absolute atomic E-state index is 0.103. The monoisotopic (exact) mass is 186 g/mol. The van der Waals surface area contributed by atoms with Crippen LogP contribution in [0.15, 0.2) is 40.1 Å². The average Bonchev–Trinajstić information content (AvgIpc) is 2.71. The Hall–Kier alpha value is -2.10. The van der Waals surface area contributed by atoms with E-state index in [2.05, 4.69) is 4.98 Å². The van der Waals surface area contributed by atoms with Crippen LogP contribution in [0.3, 0.4) is 0 Å². The molecule has 2 aliphatic rings. The molecule has 0 saturated heterocycles. The molecule has 1 aliphatic carbocycles. The maximum atomic E-state index is 11.3. The molecular weight excluding hydrogens is 180 g/mol. The van der Waals surface area contributed by atoms with Gasteiger partial charge in [-0.2, -0.15) is 0 Å². The second-order valence-electron chi connectivity index (χ2n) is 3.15. The van der Waals surface area contributed by atoms with Crippen LogP contribution in [0.1, 0.15) is 0 Å². The molecule has 4 nitrogen and oxygen atoms in total. The average molecular weight is 186 g/mol. The van der Waals surface area contributed by atoms with Crippen molar-refractivity contribution in [2.45, 2.75) is 0 Å². The van der Waals surface area contributed by atoms with E-state index in [9.17, 15) is 9.59 Å². The van der Waals surface area contributed by atoms with E-state index in [1.165, 1.54) is 12.1 Å². The second-order valence-corrected chi connectivity index (χ2v) is 3.15. The van der Waals surface area contributed by atoms with Crippen LogP contribution >= 0.6 is 0 Å². The third kappa shape index (κ3) is 0.771. The van der Waals surface area contributed by atoms with Crippen molar-refractivity contribution < 1.29 is 0 Å². The zero-order valence-corrected chi connectivity index (χ0v) is 7.15. The first-order valence-electron chi connectivity index (χ1n) is 4.23. The summed E-state index contributed by atoms with van der Waals surface area (Å²) in [5.74, 6) is 0.764. The molecule has 0 unspecified atom stereocenters. The van der Waals surface area contributed by atoms with Gasteiger partial charge < -0.3 is 4.98 Å². The molecular formula is C10H6N2O2. The van der Waals surface area contributed by atoms with Gasteiger partial charge in [0.1, 0.15) is 16.5 Å². The zero-order chi connectivity index (χ0) is 9.71. The van der Waals surface area contributed by atoms with E-state index in [4.69, 9.17) is 0 Å². The standard InChI is InChI=1S/C10H6N2O2/c13-6-3-4-7(14)10-9(6)12(10)8-2-1-5-11-8/h1-5,11H. The Kier molecular flexibility index (Phi) is 1.16. The molecule has 0 bridgehead atoms. The molecule has 1 aromatic heterocycles. The molecule has 0 amide bonds. The first kappa shape index (κ1) is 7.32. The predicted octanol–water partition coefficient (Wildman–Crippen LogP) is 0.126. The number of aromatic nitrogens is 2. The highest BCUT2D eigenvalue weighted by atomic mass is 16.1. The molecule has 1 N–H and O–H groups in total. The van der Waals surface area contributed by atoms with E-state index in [0.29, 0.717) is 10.7 Å². The van der Waals surface area contributed by atoms with Crippen LogP contribution in [0.25, 0.3) is 5.82 Å². The molecule has 0 fully saturated rings. The summed E-state index contributed by atoms with van der Waals surface area (Å²) in [6.45, 7) is 0. The third-order valence-electron chi connectivity index (χ3n) is 2.30. The van der Waals surface area contributed by atoms with Crippen molar-refractivity contribution in [2.24, 2.45) is 0 Å². The van der Waals surface area contributed by atoms with Crippen molar-refractivity contribution in [3.8, 4) is 5.82 Å². The third-order valence-corrected chi connectivity index (χ3v) is 2.30. The van der Waals surface area contributed by atoms with Gasteiger partial charge in [-0.05, 0) is 24.3 Å². The lowest BCUT2D eigenvalue weighted by Gasteiger charge is -1.86. The van der Waals surface area contributed by atoms with Crippen LogP contribution in [-0.4, -0.2) is 9.55 Å². The van der Waals surface area contributed by atoms with Gasteiger partial charge in [0.2, 0.25) is 10.9 Å². The van der Waals surface area contributed by atoms with E-state index < -0.39 is 0 Å². The molecule has 3 rings (SSSR count). The molecule has 68 valence electrons. The summed E-state index contributed by atoms with van der Waals surface area (Å²) in [4.78, 5) is 25.6. The summed E-state index contributed by atoms with van der Waals surface area (Å²) in [6.07, 6.45) is 1.75. The van der Waals surface area contributed by atoms with Crippen LogP contribution < -0.4 is 10.9 Å². The van der Waals surface area contributed by atoms with Crippen LogP contribution in [0.4, 0.5) is 0 Å². The van der Waals surface area contributed by atoms with E-state index >= 15 is 0 Å². The Bertz CT molecular complexity index is 667. The first-order valence-corrected chi connectivity index (χ1v) is 4.23. The molecule has 0 spiro atoms. The van der Waals surface area contributed by atoms with Crippen LogP contribution in [0, 0.1) is 10.7 Å². The molecule has 1 aromatic rings. The Morgan fingerprint density at radius 3 is 2.14 bits per heavy atom. The van der Waals surface area contributed by atoms with E-state index in [1.54, 1.807) is 10.8 Å². The summed E-state index contributed by atoms with van der Waals surface area (Å²) in [7, 11) is 0. The van der Waals surface area contributed by atoms with Gasteiger partial charge in [0.15, 0.2) is 0 Å². The largest absolute Gasteiger partial charge is 0.348 e. The highest BCUT2D eigenvalue weighted by Crippen LogP contribution is 2.10. The van der Waals surface area contributed by atoms with E-state index in [1.807, 2.05) is 12.1 Å². The molecule has 0 aromatic carbocycles.